The molecular weight excluding hydrogens is 941 g/mol. The molecular formula is C45H84N8O16S. The molecule has 70 heavy (non-hydrogen) atoms. The molecule has 2 saturated heterocycles. The van der Waals surface area contributed by atoms with Crippen molar-refractivity contribution in [3.05, 3.63) is 11.9 Å². The lowest BCUT2D eigenvalue weighted by atomic mass is 10.0. The Morgan fingerprint density at radius 3 is 1.61 bits per heavy atom. The van der Waals surface area contributed by atoms with Gasteiger partial charge in [0.15, 0.2) is 0 Å². The van der Waals surface area contributed by atoms with Crippen LogP contribution in [-0.4, -0.2) is 229 Å². The van der Waals surface area contributed by atoms with Crippen LogP contribution in [0.1, 0.15) is 52.9 Å². The molecule has 0 aromatic heterocycles. The highest BCUT2D eigenvalue weighted by Gasteiger charge is 2.42. The standard InChI is InChI=1S/C45H84N8O16S/c1-45(2,3)69-44(57)48-11-16-61-20-23-64-26-29-65-28-25-63-22-19-60-15-10-47-41(55)8-13-58-18-21-62-24-27-66-30-31-67-32-33-68-35-37-34-53(52-51-37)12-17-59-14-9-46-40(54)7-5-4-6-39-42-38(36-70-39)49-43(56)50-42/h34,38-39,42,51-52H,4-33,35-36H2,1-3H3,(H,46,54)(H,47,55)(H,48,57)(H2,49,50,56)/t38-,39+,42?/m1/s1. The van der Waals surface area contributed by atoms with E-state index in [-0.39, 0.29) is 36.3 Å². The molecule has 3 aliphatic heterocycles. The Kier molecular flexibility index (Phi) is 35.0. The monoisotopic (exact) mass is 1020 g/mol. The van der Waals surface area contributed by atoms with Crippen molar-refractivity contribution in [2.24, 2.45) is 0 Å². The summed E-state index contributed by atoms with van der Waals surface area (Å²) in [6.07, 6.45) is 5.01. The number of hydrogen-bond donors (Lipinski definition) is 7. The number of nitrogens with zero attached hydrogens (tertiary/aromatic N) is 1. The zero-order chi connectivity index (χ0) is 50.2. The molecule has 0 aliphatic carbocycles. The third-order valence-corrected chi connectivity index (χ3v) is 11.5. The molecule has 3 heterocycles. The Balaban J connectivity index is 0.930. The van der Waals surface area contributed by atoms with Gasteiger partial charge in [0.2, 0.25) is 11.8 Å². The number of amides is 5. The summed E-state index contributed by atoms with van der Waals surface area (Å²) in [4.78, 5) is 47.2. The van der Waals surface area contributed by atoms with E-state index in [1.54, 1.807) is 0 Å². The largest absolute Gasteiger partial charge is 0.444 e. The van der Waals surface area contributed by atoms with E-state index in [0.29, 0.717) is 183 Å². The Morgan fingerprint density at radius 2 is 1.07 bits per heavy atom. The van der Waals surface area contributed by atoms with Crippen LogP contribution in [0.2, 0.25) is 0 Å². The number of ether oxygens (including phenoxy) is 12. The summed E-state index contributed by atoms with van der Waals surface area (Å²) in [7, 11) is 0. The predicted molar refractivity (Wildman–Crippen MR) is 259 cm³/mol. The first-order chi connectivity index (χ1) is 34.1. The second kappa shape index (κ2) is 40.2. The summed E-state index contributed by atoms with van der Waals surface area (Å²) < 4.78 is 65.8. The number of carbonyl (C=O) groups excluding carboxylic acids is 4. The smallest absolute Gasteiger partial charge is 0.407 e. The van der Waals surface area contributed by atoms with Gasteiger partial charge in [-0.25, -0.2) is 9.59 Å². The highest BCUT2D eigenvalue weighted by Crippen LogP contribution is 2.33. The number of thioether (sulfide) groups is 1. The SMILES string of the molecule is CC(C)(C)OC(=O)NCCOCCOCCOCCOCCOCCNC(=O)CCOCCOCCOCCOCCOCC1=CN(CCOCCNC(=O)CCCC[C@@H]2SC[C@H]3NC(=O)NC23)NN1. The molecule has 5 amide bonds. The number of unbranched alkanes of at least 4 members (excludes halogenated alkanes) is 1. The fourth-order valence-electron chi connectivity index (χ4n) is 6.58. The van der Waals surface area contributed by atoms with E-state index in [1.165, 1.54) is 0 Å². The molecule has 3 atom stereocenters. The van der Waals surface area contributed by atoms with E-state index in [4.69, 9.17) is 56.8 Å². The first-order valence-corrected chi connectivity index (χ1v) is 25.7. The van der Waals surface area contributed by atoms with E-state index < -0.39 is 11.7 Å². The highest BCUT2D eigenvalue weighted by molar-refractivity contribution is 8.00. The normalized spacial score (nSPS) is 17.5. The number of alkyl carbamates (subject to hydrolysis) is 1. The van der Waals surface area contributed by atoms with Crippen molar-refractivity contribution in [1.82, 2.24) is 42.6 Å². The number of nitrogens with one attached hydrogen (secondary N) is 7. The van der Waals surface area contributed by atoms with Gasteiger partial charge in [-0.2, -0.15) is 11.8 Å². The molecule has 2 fully saturated rings. The Hall–Kier alpha value is -3.31. The fraction of sp³-hybridized carbons (Fsp3) is 0.867. The fourth-order valence-corrected chi connectivity index (χ4v) is 8.12. The van der Waals surface area contributed by atoms with Crippen LogP contribution in [0.5, 0.6) is 0 Å². The van der Waals surface area contributed by atoms with Gasteiger partial charge >= 0.3 is 12.1 Å². The highest BCUT2D eigenvalue weighted by atomic mass is 32.2. The van der Waals surface area contributed by atoms with Gasteiger partial charge in [-0.1, -0.05) is 6.42 Å². The van der Waals surface area contributed by atoms with E-state index >= 15 is 0 Å². The minimum atomic E-state index is -0.527. The molecule has 3 rings (SSSR count). The van der Waals surface area contributed by atoms with Crippen LogP contribution in [0.3, 0.4) is 0 Å². The molecule has 3 aliphatic rings. The van der Waals surface area contributed by atoms with Gasteiger partial charge in [-0.05, 0) is 33.6 Å². The predicted octanol–water partition coefficient (Wildman–Crippen LogP) is 0.208. The van der Waals surface area contributed by atoms with Gasteiger partial charge < -0.3 is 88.9 Å². The van der Waals surface area contributed by atoms with Gasteiger partial charge in [0.05, 0.1) is 170 Å². The summed E-state index contributed by atoms with van der Waals surface area (Å²) in [6.45, 7) is 16.6. The maximum atomic E-state index is 12.2. The summed E-state index contributed by atoms with van der Waals surface area (Å²) in [6, 6.07) is 0.379. The van der Waals surface area contributed by atoms with Crippen molar-refractivity contribution in [2.45, 2.75) is 75.8 Å². The van der Waals surface area contributed by atoms with E-state index in [9.17, 15) is 19.2 Å². The van der Waals surface area contributed by atoms with Crippen molar-refractivity contribution < 1.29 is 76.0 Å². The molecule has 0 spiro atoms. The first kappa shape index (κ1) is 61.0. The van der Waals surface area contributed by atoms with Gasteiger partial charge in [0, 0.05) is 49.7 Å². The van der Waals surface area contributed by atoms with Crippen molar-refractivity contribution >= 4 is 35.7 Å². The Bertz CT molecular complexity index is 1420. The average molecular weight is 1030 g/mol. The van der Waals surface area contributed by atoms with Crippen molar-refractivity contribution in [3.8, 4) is 0 Å². The summed E-state index contributed by atoms with van der Waals surface area (Å²) in [5, 5.41) is 16.6. The van der Waals surface area contributed by atoms with Crippen LogP contribution in [0, 0.1) is 0 Å². The van der Waals surface area contributed by atoms with Crippen LogP contribution in [0.15, 0.2) is 11.9 Å². The quantitative estimate of drug-likeness (QED) is 0.0317. The maximum absolute atomic E-state index is 12.2. The first-order valence-electron chi connectivity index (χ1n) is 24.6. The van der Waals surface area contributed by atoms with Crippen LogP contribution in [0.25, 0.3) is 0 Å². The van der Waals surface area contributed by atoms with Crippen molar-refractivity contribution in [1.29, 1.82) is 0 Å². The van der Waals surface area contributed by atoms with Crippen LogP contribution < -0.4 is 37.5 Å². The molecule has 0 saturated carbocycles. The lowest BCUT2D eigenvalue weighted by molar-refractivity contribution is -0.123. The number of carbonyl (C=O) groups is 4. The Labute approximate surface area is 418 Å². The maximum Gasteiger partial charge on any atom is 0.407 e. The van der Waals surface area contributed by atoms with Crippen LogP contribution in [-0.2, 0) is 66.4 Å². The number of rotatable bonds is 46. The topological polar surface area (TPSA) is 266 Å². The number of fused-ring (bicyclic) bond motifs is 1. The van der Waals surface area contributed by atoms with Crippen molar-refractivity contribution in [2.75, 3.05) is 177 Å². The van der Waals surface area contributed by atoms with Crippen LogP contribution in [0.4, 0.5) is 9.59 Å². The second-order valence-electron chi connectivity index (χ2n) is 17.0. The average Bonchev–Trinajstić information content (AvgIpc) is 4.05. The molecule has 0 aromatic rings. The summed E-state index contributed by atoms with van der Waals surface area (Å²) in [5.74, 6) is 0.880. The zero-order valence-electron chi connectivity index (χ0n) is 41.8. The van der Waals surface area contributed by atoms with E-state index in [1.807, 2.05) is 43.7 Å². The lowest BCUT2D eigenvalue weighted by Gasteiger charge is -2.19. The second-order valence-corrected chi connectivity index (χ2v) is 18.3. The number of hydrazine groups is 2. The van der Waals surface area contributed by atoms with E-state index in [2.05, 4.69) is 37.5 Å². The molecule has 25 heteroatoms. The summed E-state index contributed by atoms with van der Waals surface area (Å²) >= 11 is 1.90. The van der Waals surface area contributed by atoms with E-state index in [0.717, 1.165) is 30.7 Å². The minimum absolute atomic E-state index is 0.0374. The molecule has 0 aromatic carbocycles. The number of urea groups is 1. The Morgan fingerprint density at radius 1 is 0.600 bits per heavy atom. The van der Waals surface area contributed by atoms with Crippen molar-refractivity contribution in [3.63, 3.8) is 0 Å². The molecule has 24 nitrogen and oxygen atoms in total. The zero-order valence-corrected chi connectivity index (χ0v) is 42.6. The van der Waals surface area contributed by atoms with Gasteiger partial charge in [0.25, 0.3) is 0 Å². The van der Waals surface area contributed by atoms with Gasteiger partial charge in [-0.15, -0.1) is 5.53 Å². The minimum Gasteiger partial charge on any atom is -0.444 e. The third-order valence-electron chi connectivity index (χ3n) is 9.99. The number of hydrogen-bond acceptors (Lipinski definition) is 20. The van der Waals surface area contributed by atoms with Gasteiger partial charge in [0.1, 0.15) is 5.60 Å². The van der Waals surface area contributed by atoms with Gasteiger partial charge in [-0.3, -0.25) is 14.6 Å². The third kappa shape index (κ3) is 33.4. The lowest BCUT2D eigenvalue weighted by Crippen LogP contribution is -2.39. The molecule has 1 unspecified atom stereocenters. The molecule has 406 valence electrons. The summed E-state index contributed by atoms with van der Waals surface area (Å²) in [5.41, 5.74) is 6.49. The molecule has 0 bridgehead atoms. The van der Waals surface area contributed by atoms with Crippen LogP contribution >= 0.6 is 11.8 Å². The molecule has 0 radical (unpaired) electrons. The molecule has 7 N–H and O–H groups in total.